The number of amides is 1. The number of nitrogens with one attached hydrogen (secondary N) is 1. The fraction of sp³-hybridized carbons (Fsp3) is 0.111. The Labute approximate surface area is 156 Å². The number of nitrogens with zero attached hydrogens (tertiary/aromatic N) is 5. The number of hydrogen-bond donors (Lipinski definition) is 1. The molecule has 0 spiro atoms. The van der Waals surface area contributed by atoms with Crippen LogP contribution in [0.4, 0.5) is 18.9 Å². The van der Waals surface area contributed by atoms with E-state index in [0.717, 1.165) is 18.2 Å². The molecule has 0 radical (unpaired) electrons. The van der Waals surface area contributed by atoms with Crippen molar-refractivity contribution in [3.8, 4) is 11.3 Å². The van der Waals surface area contributed by atoms with Crippen LogP contribution in [-0.4, -0.2) is 30.3 Å². The summed E-state index contributed by atoms with van der Waals surface area (Å²) in [6.07, 6.45) is 0.0213. The lowest BCUT2D eigenvalue weighted by atomic mass is 10.0. The molecule has 0 bridgehead atoms. The summed E-state index contributed by atoms with van der Waals surface area (Å²) >= 11 is 0. The van der Waals surface area contributed by atoms with Gasteiger partial charge in [-0.1, -0.05) is 0 Å². The van der Waals surface area contributed by atoms with Crippen molar-refractivity contribution in [3.63, 3.8) is 0 Å². The number of alkyl halides is 2. The number of carbonyl (C=O) groups excluding carboxylic acids is 1. The van der Waals surface area contributed by atoms with Gasteiger partial charge in [-0.3, -0.25) is 4.79 Å². The van der Waals surface area contributed by atoms with Crippen molar-refractivity contribution in [2.45, 2.75) is 6.43 Å². The van der Waals surface area contributed by atoms with Gasteiger partial charge in [-0.25, -0.2) is 27.4 Å². The third-order valence-corrected chi connectivity index (χ3v) is 4.16. The van der Waals surface area contributed by atoms with Crippen LogP contribution in [0.15, 0.2) is 48.9 Å². The number of benzene rings is 1. The highest BCUT2D eigenvalue weighted by atomic mass is 19.3. The van der Waals surface area contributed by atoms with Crippen LogP contribution >= 0.6 is 0 Å². The molecule has 0 aliphatic rings. The zero-order valence-corrected chi connectivity index (χ0v) is 14.5. The summed E-state index contributed by atoms with van der Waals surface area (Å²) in [7, 11) is 1.59. The molecule has 0 aliphatic carbocycles. The Bertz CT molecular complexity index is 1180. The Morgan fingerprint density at radius 1 is 1.18 bits per heavy atom. The van der Waals surface area contributed by atoms with Crippen LogP contribution in [0.25, 0.3) is 16.8 Å². The normalized spacial score (nSPS) is 11.3. The first-order valence-corrected chi connectivity index (χ1v) is 8.15. The molecule has 0 aliphatic heterocycles. The first-order chi connectivity index (χ1) is 13.4. The molecule has 1 N–H and O–H groups in total. The molecule has 7 nitrogen and oxygen atoms in total. The highest BCUT2D eigenvalue weighted by molar-refractivity contribution is 6.01. The summed E-state index contributed by atoms with van der Waals surface area (Å²) in [4.78, 5) is 16.1. The largest absolute Gasteiger partial charge is 0.318 e. The van der Waals surface area contributed by atoms with E-state index in [9.17, 15) is 18.0 Å². The minimum Gasteiger partial charge on any atom is -0.318 e. The van der Waals surface area contributed by atoms with Crippen LogP contribution in [0, 0.1) is 5.82 Å². The predicted molar refractivity (Wildman–Crippen MR) is 94.5 cm³/mol. The maximum atomic E-state index is 13.6. The van der Waals surface area contributed by atoms with Crippen LogP contribution in [0.1, 0.15) is 22.6 Å². The minimum atomic E-state index is -2.76. The Balaban J connectivity index is 1.69. The predicted octanol–water partition coefficient (Wildman–Crippen LogP) is 3.46. The molecule has 10 heteroatoms. The van der Waals surface area contributed by atoms with E-state index < -0.39 is 18.1 Å². The van der Waals surface area contributed by atoms with Gasteiger partial charge in [0.25, 0.3) is 12.3 Å². The summed E-state index contributed by atoms with van der Waals surface area (Å²) in [6, 6.07) is 7.92. The van der Waals surface area contributed by atoms with Crippen molar-refractivity contribution in [2.24, 2.45) is 7.05 Å². The molecule has 142 valence electrons. The molecule has 0 atom stereocenters. The van der Waals surface area contributed by atoms with E-state index in [1.54, 1.807) is 25.2 Å². The zero-order valence-electron chi connectivity index (χ0n) is 14.5. The monoisotopic (exact) mass is 386 g/mol. The lowest BCUT2D eigenvalue weighted by molar-refractivity contribution is 0.101. The number of rotatable bonds is 4. The van der Waals surface area contributed by atoms with E-state index in [0.29, 0.717) is 11.2 Å². The number of fused-ring (bicyclic) bond motifs is 1. The van der Waals surface area contributed by atoms with E-state index in [2.05, 4.69) is 20.5 Å². The lowest BCUT2D eigenvalue weighted by Crippen LogP contribution is -2.17. The van der Waals surface area contributed by atoms with Gasteiger partial charge in [0.05, 0.1) is 23.1 Å². The van der Waals surface area contributed by atoms with Gasteiger partial charge in [0, 0.05) is 18.2 Å². The molecule has 0 saturated heterocycles. The molecule has 4 aromatic rings. The second-order valence-electron chi connectivity index (χ2n) is 6.01. The molecular formula is C18H13F3N6O. The third kappa shape index (κ3) is 3.20. The maximum Gasteiger partial charge on any atom is 0.293 e. The van der Waals surface area contributed by atoms with E-state index in [1.165, 1.54) is 21.7 Å². The minimum absolute atomic E-state index is 0.0170. The topological polar surface area (TPSA) is 77.1 Å². The van der Waals surface area contributed by atoms with Crippen LogP contribution in [0.3, 0.4) is 0 Å². The van der Waals surface area contributed by atoms with Gasteiger partial charge in [-0.15, -0.1) is 0 Å². The molecule has 3 heterocycles. The second-order valence-corrected chi connectivity index (χ2v) is 6.01. The quantitative estimate of drug-likeness (QED) is 0.583. The van der Waals surface area contributed by atoms with Crippen molar-refractivity contribution >= 4 is 17.1 Å². The van der Waals surface area contributed by atoms with Gasteiger partial charge in [0.15, 0.2) is 0 Å². The van der Waals surface area contributed by atoms with Crippen molar-refractivity contribution < 1.29 is 18.0 Å². The molecule has 0 unspecified atom stereocenters. The molecule has 1 amide bonds. The average Bonchev–Trinajstić information content (AvgIpc) is 3.27. The Kier molecular flexibility index (Phi) is 4.30. The molecule has 0 fully saturated rings. The summed E-state index contributed by atoms with van der Waals surface area (Å²) in [5, 5.41) is 10.7. The van der Waals surface area contributed by atoms with Crippen molar-refractivity contribution in [2.75, 3.05) is 5.32 Å². The number of carbonyl (C=O) groups is 1. The highest BCUT2D eigenvalue weighted by Crippen LogP contribution is 2.31. The number of halogens is 3. The van der Waals surface area contributed by atoms with Crippen LogP contribution in [-0.2, 0) is 7.05 Å². The molecule has 3 aromatic heterocycles. The van der Waals surface area contributed by atoms with Crippen LogP contribution in [0.2, 0.25) is 0 Å². The number of anilines is 1. The van der Waals surface area contributed by atoms with E-state index in [1.807, 2.05) is 0 Å². The van der Waals surface area contributed by atoms with Gasteiger partial charge in [0.2, 0.25) is 5.82 Å². The SMILES string of the molecule is Cn1ncnc1C(=O)Nc1ccc2cc(-c3cc(F)ccc3C(F)F)nn2c1. The van der Waals surface area contributed by atoms with Crippen LogP contribution < -0.4 is 5.32 Å². The second kappa shape index (κ2) is 6.80. The third-order valence-electron chi connectivity index (χ3n) is 4.16. The number of aromatic nitrogens is 5. The first-order valence-electron chi connectivity index (χ1n) is 8.15. The standard InChI is InChI=1S/C18H13F3N6O/c1-26-17(22-9-23-26)18(28)24-11-3-4-12-7-15(25-27(12)8-11)14-6-10(19)2-5-13(14)16(20)21/h2-9,16H,1H3,(H,24,28). The Hall–Kier alpha value is -3.69. The van der Waals surface area contributed by atoms with Gasteiger partial charge in [-0.05, 0) is 36.4 Å². The van der Waals surface area contributed by atoms with Gasteiger partial charge in [0.1, 0.15) is 12.1 Å². The van der Waals surface area contributed by atoms with E-state index in [-0.39, 0.29) is 22.6 Å². The molecule has 0 saturated carbocycles. The number of aryl methyl sites for hydroxylation is 1. The molecular weight excluding hydrogens is 373 g/mol. The van der Waals surface area contributed by atoms with Crippen LogP contribution in [0.5, 0.6) is 0 Å². The first kappa shape index (κ1) is 17.7. The summed E-state index contributed by atoms with van der Waals surface area (Å²) in [5.74, 6) is -0.965. The summed E-state index contributed by atoms with van der Waals surface area (Å²) in [5.41, 5.74) is 0.926. The Morgan fingerprint density at radius 3 is 2.71 bits per heavy atom. The molecule has 1 aromatic carbocycles. The fourth-order valence-electron chi connectivity index (χ4n) is 2.82. The molecule has 4 rings (SSSR count). The number of hydrogen-bond acceptors (Lipinski definition) is 4. The van der Waals surface area contributed by atoms with E-state index in [4.69, 9.17) is 0 Å². The molecule has 28 heavy (non-hydrogen) atoms. The smallest absolute Gasteiger partial charge is 0.293 e. The lowest BCUT2D eigenvalue weighted by Gasteiger charge is -2.06. The maximum absolute atomic E-state index is 13.6. The average molecular weight is 386 g/mol. The Morgan fingerprint density at radius 2 is 2.00 bits per heavy atom. The summed E-state index contributed by atoms with van der Waals surface area (Å²) in [6.45, 7) is 0. The summed E-state index contributed by atoms with van der Waals surface area (Å²) < 4.78 is 42.8. The van der Waals surface area contributed by atoms with Crippen molar-refractivity contribution in [1.82, 2.24) is 24.4 Å². The van der Waals surface area contributed by atoms with Crippen molar-refractivity contribution in [1.29, 1.82) is 0 Å². The van der Waals surface area contributed by atoms with E-state index >= 15 is 0 Å². The van der Waals surface area contributed by atoms with Gasteiger partial charge in [-0.2, -0.15) is 10.2 Å². The van der Waals surface area contributed by atoms with Crippen molar-refractivity contribution in [3.05, 3.63) is 66.1 Å². The van der Waals surface area contributed by atoms with Gasteiger partial charge < -0.3 is 5.32 Å². The zero-order chi connectivity index (χ0) is 19.8. The fourth-order valence-corrected chi connectivity index (χ4v) is 2.82. The highest BCUT2D eigenvalue weighted by Gasteiger charge is 2.18. The number of pyridine rings is 1. The van der Waals surface area contributed by atoms with Gasteiger partial charge >= 0.3 is 0 Å².